The van der Waals surface area contributed by atoms with Crippen molar-refractivity contribution < 1.29 is 19.4 Å². The maximum atomic E-state index is 12.9. The average molecular weight is 338 g/mol. The van der Waals surface area contributed by atoms with Crippen molar-refractivity contribution in [3.05, 3.63) is 16.1 Å². The summed E-state index contributed by atoms with van der Waals surface area (Å²) < 4.78 is 5.44. The third-order valence-corrected chi connectivity index (χ3v) is 5.71. The number of fused-ring (bicyclic) bond motifs is 1. The number of carboxylic acid groups (broad SMARTS) is 1. The second-order valence-electron chi connectivity index (χ2n) is 7.45. The molecule has 126 valence electrons. The lowest BCUT2D eigenvalue weighted by Gasteiger charge is -2.33. The van der Waals surface area contributed by atoms with Gasteiger partial charge in [0.15, 0.2) is 0 Å². The second-order valence-corrected chi connectivity index (χ2v) is 8.30. The first-order valence-electron chi connectivity index (χ1n) is 7.80. The van der Waals surface area contributed by atoms with Crippen molar-refractivity contribution >= 4 is 23.2 Å². The number of carbonyl (C=O) groups is 2. The summed E-state index contributed by atoms with van der Waals surface area (Å²) in [6, 6.07) is 0. The minimum atomic E-state index is -0.861. The van der Waals surface area contributed by atoms with Crippen LogP contribution in [0.2, 0.25) is 0 Å². The Labute approximate surface area is 139 Å². The van der Waals surface area contributed by atoms with Gasteiger partial charge in [-0.3, -0.25) is 9.59 Å². The molecule has 3 rings (SSSR count). The Morgan fingerprint density at radius 2 is 2.22 bits per heavy atom. The van der Waals surface area contributed by atoms with Crippen LogP contribution in [0.15, 0.2) is 5.51 Å². The molecule has 6 nitrogen and oxygen atoms in total. The molecule has 0 aromatic carbocycles. The van der Waals surface area contributed by atoms with Crippen LogP contribution in [-0.2, 0) is 14.9 Å². The van der Waals surface area contributed by atoms with Crippen LogP contribution in [0.25, 0.3) is 0 Å². The van der Waals surface area contributed by atoms with Gasteiger partial charge < -0.3 is 14.7 Å². The van der Waals surface area contributed by atoms with E-state index in [1.165, 1.54) is 11.3 Å². The summed E-state index contributed by atoms with van der Waals surface area (Å²) in [5, 5.41) is 9.71. The van der Waals surface area contributed by atoms with Crippen LogP contribution in [0.4, 0.5) is 0 Å². The van der Waals surface area contributed by atoms with Crippen LogP contribution >= 0.6 is 11.3 Å². The van der Waals surface area contributed by atoms with Crippen molar-refractivity contribution in [1.82, 2.24) is 9.88 Å². The van der Waals surface area contributed by atoms with E-state index < -0.39 is 11.4 Å². The summed E-state index contributed by atoms with van der Waals surface area (Å²) in [5.41, 5.74) is 1.39. The number of rotatable bonds is 2. The van der Waals surface area contributed by atoms with Crippen molar-refractivity contribution in [2.75, 3.05) is 26.3 Å². The van der Waals surface area contributed by atoms with Gasteiger partial charge in [-0.25, -0.2) is 4.98 Å². The van der Waals surface area contributed by atoms with E-state index in [4.69, 9.17) is 4.74 Å². The number of thiazole rings is 1. The summed E-state index contributed by atoms with van der Waals surface area (Å²) in [7, 11) is 0. The monoisotopic (exact) mass is 338 g/mol. The van der Waals surface area contributed by atoms with Crippen molar-refractivity contribution in [1.29, 1.82) is 0 Å². The number of carboxylic acids is 1. The molecule has 3 heterocycles. The van der Waals surface area contributed by atoms with Gasteiger partial charge >= 0.3 is 5.97 Å². The van der Waals surface area contributed by atoms with Gasteiger partial charge in [0, 0.05) is 31.0 Å². The van der Waals surface area contributed by atoms with E-state index in [9.17, 15) is 14.7 Å². The molecule has 2 fully saturated rings. The summed E-state index contributed by atoms with van der Waals surface area (Å²) >= 11 is 1.33. The molecule has 0 unspecified atom stereocenters. The molecule has 1 aromatic rings. The highest BCUT2D eigenvalue weighted by Crippen LogP contribution is 2.43. The van der Waals surface area contributed by atoms with E-state index >= 15 is 0 Å². The summed E-state index contributed by atoms with van der Waals surface area (Å²) in [6.07, 6.45) is 0.464. The lowest BCUT2D eigenvalue weighted by Crippen LogP contribution is -2.45. The number of hydrogen-bond donors (Lipinski definition) is 1. The number of hydrogen-bond acceptors (Lipinski definition) is 5. The van der Waals surface area contributed by atoms with E-state index in [1.54, 1.807) is 10.4 Å². The highest BCUT2D eigenvalue weighted by atomic mass is 32.1. The molecule has 1 amide bonds. The van der Waals surface area contributed by atoms with Crippen LogP contribution in [0.1, 0.15) is 42.6 Å². The molecule has 2 saturated heterocycles. The number of aliphatic carboxylic acids is 1. The zero-order valence-electron chi connectivity index (χ0n) is 13.7. The summed E-state index contributed by atoms with van der Waals surface area (Å²) in [4.78, 5) is 31.4. The van der Waals surface area contributed by atoms with E-state index in [-0.39, 0.29) is 23.8 Å². The molecule has 0 bridgehead atoms. The number of nitrogens with zero attached hydrogens (tertiary/aromatic N) is 2. The summed E-state index contributed by atoms with van der Waals surface area (Å²) in [5.74, 6) is -1.06. The van der Waals surface area contributed by atoms with Gasteiger partial charge in [-0.15, -0.1) is 11.3 Å². The van der Waals surface area contributed by atoms with Crippen LogP contribution in [0, 0.1) is 11.3 Å². The molecule has 1 N–H and O–H groups in total. The molecule has 0 saturated carbocycles. The van der Waals surface area contributed by atoms with Crippen LogP contribution < -0.4 is 0 Å². The Balaban J connectivity index is 1.88. The Hall–Kier alpha value is -1.47. The highest BCUT2D eigenvalue weighted by Gasteiger charge is 2.55. The average Bonchev–Trinajstić information content (AvgIpc) is 3.11. The van der Waals surface area contributed by atoms with Crippen molar-refractivity contribution in [3.63, 3.8) is 0 Å². The lowest BCUT2D eigenvalue weighted by molar-refractivity contribution is -0.157. The van der Waals surface area contributed by atoms with Gasteiger partial charge in [0.25, 0.3) is 5.91 Å². The molecule has 0 radical (unpaired) electrons. The van der Waals surface area contributed by atoms with E-state index in [1.807, 2.05) is 20.8 Å². The summed E-state index contributed by atoms with van der Waals surface area (Å²) in [6.45, 7) is 7.62. The SMILES string of the molecule is CC(C)(C)c1ncsc1C(=O)N1C[C@H]2COCC[C@@]2(C(=O)O)C1. The minimum absolute atomic E-state index is 0.104. The van der Waals surface area contributed by atoms with Crippen molar-refractivity contribution in [3.8, 4) is 0 Å². The topological polar surface area (TPSA) is 79.7 Å². The van der Waals surface area contributed by atoms with Gasteiger partial charge in [0.2, 0.25) is 0 Å². The smallest absolute Gasteiger partial charge is 0.311 e. The van der Waals surface area contributed by atoms with Crippen LogP contribution in [-0.4, -0.2) is 53.2 Å². The Kier molecular flexibility index (Phi) is 3.96. The van der Waals surface area contributed by atoms with Crippen LogP contribution in [0.3, 0.4) is 0 Å². The predicted molar refractivity (Wildman–Crippen MR) is 85.7 cm³/mol. The molecule has 1 aromatic heterocycles. The number of ether oxygens (including phenoxy) is 1. The van der Waals surface area contributed by atoms with E-state index in [0.717, 1.165) is 5.69 Å². The first kappa shape index (κ1) is 16.4. The molecular weight excluding hydrogens is 316 g/mol. The largest absolute Gasteiger partial charge is 0.481 e. The zero-order chi connectivity index (χ0) is 16.8. The quantitative estimate of drug-likeness (QED) is 0.892. The second kappa shape index (κ2) is 5.56. The van der Waals surface area contributed by atoms with E-state index in [0.29, 0.717) is 31.1 Å². The Bertz CT molecular complexity index is 636. The van der Waals surface area contributed by atoms with Gasteiger partial charge in [0.1, 0.15) is 4.88 Å². The Morgan fingerprint density at radius 1 is 1.48 bits per heavy atom. The fourth-order valence-electron chi connectivity index (χ4n) is 3.53. The number of likely N-dealkylation sites (tertiary alicyclic amines) is 1. The first-order chi connectivity index (χ1) is 10.8. The number of aromatic nitrogens is 1. The highest BCUT2D eigenvalue weighted by molar-refractivity contribution is 7.11. The standard InChI is InChI=1S/C16H22N2O4S/c1-15(2,3)12-11(23-9-17-12)13(19)18-6-10-7-22-5-4-16(10,8-18)14(20)21/h9-10H,4-8H2,1-3H3,(H,20,21)/t10-,16+/m0/s1. The molecule has 0 spiro atoms. The Morgan fingerprint density at radius 3 is 2.83 bits per heavy atom. The molecule has 2 atom stereocenters. The van der Waals surface area contributed by atoms with Crippen LogP contribution in [0.5, 0.6) is 0 Å². The molecular formula is C16H22N2O4S. The molecule has 7 heteroatoms. The number of carbonyl (C=O) groups excluding carboxylic acids is 1. The molecule has 2 aliphatic rings. The third kappa shape index (κ3) is 2.65. The first-order valence-corrected chi connectivity index (χ1v) is 8.68. The maximum absolute atomic E-state index is 12.9. The van der Waals surface area contributed by atoms with Gasteiger partial charge in [0.05, 0.1) is 23.2 Å². The van der Waals surface area contributed by atoms with Crippen molar-refractivity contribution in [2.45, 2.75) is 32.6 Å². The third-order valence-electron chi connectivity index (χ3n) is 4.89. The fraction of sp³-hybridized carbons (Fsp3) is 0.688. The number of amides is 1. The van der Waals surface area contributed by atoms with E-state index in [2.05, 4.69) is 4.98 Å². The molecule has 0 aliphatic carbocycles. The zero-order valence-corrected chi connectivity index (χ0v) is 14.5. The molecule has 23 heavy (non-hydrogen) atoms. The minimum Gasteiger partial charge on any atom is -0.481 e. The molecule has 2 aliphatic heterocycles. The van der Waals surface area contributed by atoms with Gasteiger partial charge in [-0.05, 0) is 6.42 Å². The van der Waals surface area contributed by atoms with Gasteiger partial charge in [-0.2, -0.15) is 0 Å². The maximum Gasteiger partial charge on any atom is 0.311 e. The normalized spacial score (nSPS) is 27.8. The van der Waals surface area contributed by atoms with Gasteiger partial charge in [-0.1, -0.05) is 20.8 Å². The fourth-order valence-corrected chi connectivity index (χ4v) is 4.49. The predicted octanol–water partition coefficient (Wildman–Crippen LogP) is 2.00. The van der Waals surface area contributed by atoms with Crippen molar-refractivity contribution in [2.24, 2.45) is 11.3 Å². The lowest BCUT2D eigenvalue weighted by atomic mass is 9.74.